The van der Waals surface area contributed by atoms with Gasteiger partial charge < -0.3 is 9.47 Å². The lowest BCUT2D eigenvalue weighted by Crippen LogP contribution is -2.31. The van der Waals surface area contributed by atoms with Crippen LogP contribution in [0.1, 0.15) is 69.1 Å². The number of nitriles is 2. The molecule has 0 radical (unpaired) electrons. The molecular formula is C35H25N9O2S4. The first-order valence-electron chi connectivity index (χ1n) is 15.4. The van der Waals surface area contributed by atoms with E-state index in [-0.39, 0.29) is 27.9 Å². The minimum atomic E-state index is -0.455. The van der Waals surface area contributed by atoms with Gasteiger partial charge in [0.05, 0.1) is 51.0 Å². The van der Waals surface area contributed by atoms with Gasteiger partial charge in [-0.25, -0.2) is 35.2 Å². The van der Waals surface area contributed by atoms with E-state index in [4.69, 9.17) is 23.1 Å². The molecule has 246 valence electrons. The molecule has 2 aliphatic carbocycles. The van der Waals surface area contributed by atoms with E-state index in [0.29, 0.717) is 37.5 Å². The number of rotatable bonds is 4. The van der Waals surface area contributed by atoms with Gasteiger partial charge in [-0.3, -0.25) is 9.59 Å². The van der Waals surface area contributed by atoms with Crippen molar-refractivity contribution in [2.75, 3.05) is 6.54 Å². The third-order valence-corrected chi connectivity index (χ3v) is 13.3. The van der Waals surface area contributed by atoms with Crippen LogP contribution in [-0.2, 0) is 22.2 Å². The smallest absolute Gasteiger partial charge is 0.294 e. The molecule has 7 rings (SSSR count). The number of benzene rings is 1. The molecule has 0 atom stereocenters. The van der Waals surface area contributed by atoms with Gasteiger partial charge in [0.15, 0.2) is 5.04 Å². The Kier molecular flexibility index (Phi) is 7.82. The number of hydrogen-bond acceptors (Lipinski definition) is 11. The van der Waals surface area contributed by atoms with Crippen molar-refractivity contribution in [3.05, 3.63) is 92.8 Å². The zero-order valence-corrected chi connectivity index (χ0v) is 30.9. The van der Waals surface area contributed by atoms with Gasteiger partial charge in [-0.15, -0.1) is 22.7 Å². The average molecular weight is 732 g/mol. The number of amides is 1. The molecule has 1 fully saturated rings. The van der Waals surface area contributed by atoms with E-state index in [1.165, 1.54) is 32.1 Å². The number of carbonyl (C=O) groups is 1. The molecule has 4 heterocycles. The number of nitrogens with zero attached hydrogens (tertiary/aromatic N) is 9. The molecule has 3 aliphatic rings. The SMILES string of the molecule is [C-]#[N+]/C(C#N)=c1\s/c(=C\c2nc3c(s2)-c2cc4c(cc2C3(C)C)-c2sc(N=C3S/C(=C(\C#N)[N+]#[C-])N(CC)C3=O)nc2C4(C)C)c(=O)n1CC. The first kappa shape index (κ1) is 33.3. The number of aliphatic imine (C=N–C) groups is 1. The second-order valence-corrected chi connectivity index (χ2v) is 16.6. The number of thioether (sulfide) groups is 1. The summed E-state index contributed by atoms with van der Waals surface area (Å²) in [5.41, 5.74) is 4.86. The van der Waals surface area contributed by atoms with Crippen molar-refractivity contribution < 1.29 is 4.79 Å². The highest BCUT2D eigenvalue weighted by Gasteiger charge is 2.45. The van der Waals surface area contributed by atoms with E-state index in [1.54, 1.807) is 13.0 Å². The van der Waals surface area contributed by atoms with Gasteiger partial charge in [-0.1, -0.05) is 50.8 Å². The van der Waals surface area contributed by atoms with E-state index < -0.39 is 10.8 Å². The molecule has 1 saturated heterocycles. The first-order chi connectivity index (χ1) is 23.8. The Hall–Kier alpha value is -5.16. The maximum absolute atomic E-state index is 13.2. The van der Waals surface area contributed by atoms with E-state index in [0.717, 1.165) is 66.5 Å². The Balaban J connectivity index is 1.30. The third kappa shape index (κ3) is 4.66. The topological polar surface area (TPSA) is 137 Å². The lowest BCUT2D eigenvalue weighted by Gasteiger charge is -2.23. The predicted molar refractivity (Wildman–Crippen MR) is 197 cm³/mol. The number of allylic oxidation sites excluding steroid dienone is 1. The van der Waals surface area contributed by atoms with E-state index in [1.807, 2.05) is 19.1 Å². The van der Waals surface area contributed by atoms with Crippen LogP contribution in [-0.4, -0.2) is 36.9 Å². The number of carbonyl (C=O) groups excluding carboxylic acids is 1. The molecule has 0 saturated carbocycles. The molecule has 50 heavy (non-hydrogen) atoms. The molecule has 1 aliphatic heterocycles. The molecule has 1 aromatic carbocycles. The van der Waals surface area contributed by atoms with Crippen molar-refractivity contribution in [2.24, 2.45) is 4.99 Å². The van der Waals surface area contributed by atoms with Gasteiger partial charge in [0.2, 0.25) is 5.13 Å². The third-order valence-electron chi connectivity index (χ3n) is 9.14. The lowest BCUT2D eigenvalue weighted by atomic mass is 9.81. The minimum Gasteiger partial charge on any atom is -0.309 e. The van der Waals surface area contributed by atoms with Crippen LogP contribution in [0.15, 0.2) is 32.6 Å². The standard InChI is InChI=1S/C35H25N9O2S4/c1-9-43-29(45)22(47-31(43)20(14-36)38-7)13-23-40-26-24(48-23)16-11-19-17(12-18(16)34(26,3)4)25-27(35(19,5)6)41-33(49-25)42-28-30(46)44(10-2)32(50-28)21(15-37)39-8/h11-13H,9-10H2,1-6H3/b22-13-,31-20-,32-21+,42-28?. The molecule has 0 bridgehead atoms. The number of fused-ring (bicyclic) bond motifs is 6. The van der Waals surface area contributed by atoms with Crippen LogP contribution in [0, 0.1) is 35.8 Å². The Morgan fingerprint density at radius 2 is 1.52 bits per heavy atom. The van der Waals surface area contributed by atoms with Crippen LogP contribution in [0.25, 0.3) is 42.3 Å². The minimum absolute atomic E-state index is 0.101. The Morgan fingerprint density at radius 1 is 0.920 bits per heavy atom. The van der Waals surface area contributed by atoms with Crippen LogP contribution < -0.4 is 14.8 Å². The van der Waals surface area contributed by atoms with Crippen molar-refractivity contribution in [1.82, 2.24) is 19.4 Å². The summed E-state index contributed by atoms with van der Waals surface area (Å²) in [7, 11) is 0. The predicted octanol–water partition coefficient (Wildman–Crippen LogP) is 6.07. The van der Waals surface area contributed by atoms with Crippen LogP contribution in [0.5, 0.6) is 0 Å². The average Bonchev–Trinajstić information content (AvgIpc) is 3.91. The maximum atomic E-state index is 13.2. The summed E-state index contributed by atoms with van der Waals surface area (Å²) in [6.45, 7) is 27.5. The largest absolute Gasteiger partial charge is 0.309 e. The zero-order valence-electron chi connectivity index (χ0n) is 27.6. The number of thiazole rings is 3. The summed E-state index contributed by atoms with van der Waals surface area (Å²) in [5, 5.41) is 20.5. The zero-order chi connectivity index (χ0) is 35.9. The molecule has 4 aromatic rings. The van der Waals surface area contributed by atoms with Crippen molar-refractivity contribution in [1.29, 1.82) is 10.5 Å². The summed E-state index contributed by atoms with van der Waals surface area (Å²) in [5.74, 6) is -0.349. The normalized spacial score (nSPS) is 18.9. The Labute approximate surface area is 303 Å². The summed E-state index contributed by atoms with van der Waals surface area (Å²) in [6, 6.07) is 8.25. The maximum Gasteiger partial charge on any atom is 0.294 e. The quantitative estimate of drug-likeness (QED) is 0.184. The van der Waals surface area contributed by atoms with E-state index in [9.17, 15) is 20.1 Å². The number of hydrogen-bond donors (Lipinski definition) is 0. The van der Waals surface area contributed by atoms with Crippen molar-refractivity contribution >= 4 is 73.6 Å². The molecule has 0 spiro atoms. The molecule has 0 N–H and O–H groups in total. The fourth-order valence-corrected chi connectivity index (χ4v) is 11.2. The van der Waals surface area contributed by atoms with Gasteiger partial charge >= 0.3 is 0 Å². The molecule has 0 unspecified atom stereocenters. The van der Waals surface area contributed by atoms with Gasteiger partial charge in [0, 0.05) is 23.9 Å². The summed E-state index contributed by atoms with van der Waals surface area (Å²) in [6.07, 6.45) is 1.76. The Bertz CT molecular complexity index is 2620. The molecule has 11 nitrogen and oxygen atoms in total. The fourth-order valence-electron chi connectivity index (χ4n) is 6.59. The van der Waals surface area contributed by atoms with Crippen LogP contribution in [0.3, 0.4) is 0 Å². The second kappa shape index (κ2) is 11.7. The molecule has 3 aromatic heterocycles. The molecular weight excluding hydrogens is 707 g/mol. The van der Waals surface area contributed by atoms with Crippen molar-refractivity contribution in [3.8, 4) is 33.0 Å². The van der Waals surface area contributed by atoms with E-state index >= 15 is 0 Å². The van der Waals surface area contributed by atoms with Crippen LogP contribution >= 0.6 is 45.8 Å². The first-order valence-corrected chi connectivity index (χ1v) is 18.7. The van der Waals surface area contributed by atoms with Crippen LogP contribution in [0.4, 0.5) is 5.13 Å². The highest BCUT2D eigenvalue weighted by Crippen LogP contribution is 2.58. The van der Waals surface area contributed by atoms with Crippen molar-refractivity contribution in [3.63, 3.8) is 0 Å². The van der Waals surface area contributed by atoms with Gasteiger partial charge in [0.25, 0.3) is 22.9 Å². The van der Waals surface area contributed by atoms with Crippen LogP contribution in [0.2, 0.25) is 0 Å². The summed E-state index contributed by atoms with van der Waals surface area (Å²) >= 11 is 5.11. The van der Waals surface area contributed by atoms with Gasteiger partial charge in [0.1, 0.15) is 14.7 Å². The lowest BCUT2D eigenvalue weighted by molar-refractivity contribution is -0.121. The van der Waals surface area contributed by atoms with Crippen molar-refractivity contribution in [2.45, 2.75) is 58.9 Å². The highest BCUT2D eigenvalue weighted by molar-refractivity contribution is 8.19. The summed E-state index contributed by atoms with van der Waals surface area (Å²) < 4.78 is 2.25. The van der Waals surface area contributed by atoms with E-state index in [2.05, 4.69) is 54.5 Å². The highest BCUT2D eigenvalue weighted by atomic mass is 32.2. The fraction of sp³-hybridized carbons (Fsp3) is 0.286. The van der Waals surface area contributed by atoms with Gasteiger partial charge in [-0.2, -0.15) is 0 Å². The molecule has 1 amide bonds. The molecule has 15 heteroatoms. The van der Waals surface area contributed by atoms with Gasteiger partial charge in [-0.05, 0) is 54.3 Å². The number of aromatic nitrogens is 3. The summed E-state index contributed by atoms with van der Waals surface area (Å²) in [4.78, 5) is 51.0. The Morgan fingerprint density at radius 3 is 2.08 bits per heavy atom. The second-order valence-electron chi connectivity index (χ2n) is 12.6. The monoisotopic (exact) mass is 731 g/mol.